The lowest BCUT2D eigenvalue weighted by atomic mass is 9.95. The number of halogens is 6. The van der Waals surface area contributed by atoms with E-state index in [-0.39, 0.29) is 27.9 Å². The second kappa shape index (κ2) is 10.6. The van der Waals surface area contributed by atoms with Gasteiger partial charge < -0.3 is 9.80 Å². The molecule has 0 aliphatic carbocycles. The third-order valence-electron chi connectivity index (χ3n) is 7.52. The molecule has 0 radical (unpaired) electrons. The summed E-state index contributed by atoms with van der Waals surface area (Å²) in [5, 5.41) is 0. The number of piperidine rings is 1. The third-order valence-corrected chi connectivity index (χ3v) is 7.52. The first kappa shape index (κ1) is 27.2. The number of carbonyl (C=O) groups excluding carboxylic acids is 1. The zero-order valence-electron chi connectivity index (χ0n) is 21.0. The summed E-state index contributed by atoms with van der Waals surface area (Å²) < 4.78 is 80.4. The van der Waals surface area contributed by atoms with Gasteiger partial charge in [-0.15, -0.1) is 0 Å². The Morgan fingerprint density at radius 3 is 1.90 bits per heavy atom. The number of benzene rings is 2. The Hall–Kier alpha value is -3.40. The van der Waals surface area contributed by atoms with Crippen molar-refractivity contribution in [1.82, 2.24) is 14.8 Å². The van der Waals surface area contributed by atoms with Crippen LogP contribution in [0.1, 0.15) is 47.3 Å². The molecule has 0 unspecified atom stereocenters. The normalized spacial score (nSPS) is 17.5. The van der Waals surface area contributed by atoms with Crippen molar-refractivity contribution in [2.75, 3.05) is 26.2 Å². The van der Waals surface area contributed by atoms with Gasteiger partial charge in [0.2, 0.25) is 0 Å². The largest absolute Gasteiger partial charge is 0.416 e. The number of amides is 1. The Labute approximate surface area is 222 Å². The van der Waals surface area contributed by atoms with Gasteiger partial charge in [-0.1, -0.05) is 24.3 Å². The number of carbonyl (C=O) groups is 1. The Kier molecular flexibility index (Phi) is 7.41. The molecule has 2 aliphatic rings. The molecule has 2 aromatic carbocycles. The van der Waals surface area contributed by atoms with Crippen molar-refractivity contribution in [2.24, 2.45) is 0 Å². The fourth-order valence-corrected chi connectivity index (χ4v) is 5.44. The summed E-state index contributed by atoms with van der Waals surface area (Å²) in [6, 6.07) is 11.0. The van der Waals surface area contributed by atoms with E-state index in [1.165, 1.54) is 49.4 Å². The minimum absolute atomic E-state index is 0.0235. The van der Waals surface area contributed by atoms with E-state index in [1.807, 2.05) is 0 Å². The average Bonchev–Trinajstić information content (AvgIpc) is 3.47. The fraction of sp³-hybridized carbons (Fsp3) is 0.379. The van der Waals surface area contributed by atoms with Crippen LogP contribution in [0.25, 0.3) is 22.3 Å². The Morgan fingerprint density at radius 2 is 1.31 bits per heavy atom. The van der Waals surface area contributed by atoms with Crippen LogP contribution in [-0.4, -0.2) is 52.9 Å². The summed E-state index contributed by atoms with van der Waals surface area (Å²) in [6.07, 6.45) is -3.94. The van der Waals surface area contributed by atoms with Crippen molar-refractivity contribution >= 4 is 5.91 Å². The molecule has 4 nitrogen and oxygen atoms in total. The second-order valence-corrected chi connectivity index (χ2v) is 10.0. The highest BCUT2D eigenvalue weighted by Crippen LogP contribution is 2.36. The predicted molar refractivity (Wildman–Crippen MR) is 135 cm³/mol. The average molecular weight is 548 g/mol. The minimum Gasteiger partial charge on any atom is -0.337 e. The van der Waals surface area contributed by atoms with Crippen molar-refractivity contribution in [3.05, 3.63) is 77.6 Å². The maximum atomic E-state index is 13.6. The highest BCUT2D eigenvalue weighted by atomic mass is 19.4. The van der Waals surface area contributed by atoms with Gasteiger partial charge in [-0.05, 0) is 80.2 Å². The van der Waals surface area contributed by atoms with Gasteiger partial charge in [-0.2, -0.15) is 26.3 Å². The summed E-state index contributed by atoms with van der Waals surface area (Å²) in [4.78, 5) is 22.0. The lowest BCUT2D eigenvalue weighted by Crippen LogP contribution is -2.46. The molecule has 5 rings (SSSR count). The molecule has 39 heavy (non-hydrogen) atoms. The van der Waals surface area contributed by atoms with E-state index < -0.39 is 29.4 Å². The number of nitrogens with zero attached hydrogens (tertiary/aromatic N) is 3. The van der Waals surface area contributed by atoms with Crippen molar-refractivity contribution in [1.29, 1.82) is 0 Å². The lowest BCUT2D eigenvalue weighted by molar-refractivity contribution is -0.138. The third kappa shape index (κ3) is 5.95. The van der Waals surface area contributed by atoms with Gasteiger partial charge in [0.15, 0.2) is 0 Å². The van der Waals surface area contributed by atoms with Gasteiger partial charge in [0.25, 0.3) is 5.91 Å². The molecule has 0 bridgehead atoms. The highest BCUT2D eigenvalue weighted by molar-refractivity contribution is 6.00. The molecular weight excluding hydrogens is 520 g/mol. The topological polar surface area (TPSA) is 36.4 Å². The molecular formula is C29H27F6N3O. The molecule has 10 heteroatoms. The smallest absolute Gasteiger partial charge is 0.337 e. The van der Waals surface area contributed by atoms with Crippen LogP contribution in [0.15, 0.2) is 60.8 Å². The summed E-state index contributed by atoms with van der Waals surface area (Å²) >= 11 is 0. The van der Waals surface area contributed by atoms with Crippen LogP contribution < -0.4 is 0 Å². The van der Waals surface area contributed by atoms with Crippen LogP contribution in [0.4, 0.5) is 26.3 Å². The second-order valence-electron chi connectivity index (χ2n) is 10.0. The van der Waals surface area contributed by atoms with E-state index in [9.17, 15) is 31.1 Å². The van der Waals surface area contributed by atoms with Crippen LogP contribution in [-0.2, 0) is 12.4 Å². The zero-order chi connectivity index (χ0) is 27.8. The zero-order valence-corrected chi connectivity index (χ0v) is 21.0. The quantitative estimate of drug-likeness (QED) is 0.326. The van der Waals surface area contributed by atoms with Crippen LogP contribution >= 0.6 is 0 Å². The van der Waals surface area contributed by atoms with E-state index in [1.54, 1.807) is 4.90 Å². The van der Waals surface area contributed by atoms with E-state index in [0.29, 0.717) is 19.1 Å². The predicted octanol–water partition coefficient (Wildman–Crippen LogP) is 7.15. The Balaban J connectivity index is 1.51. The number of alkyl halides is 6. The van der Waals surface area contributed by atoms with E-state index in [4.69, 9.17) is 0 Å². The minimum atomic E-state index is -4.61. The standard InChI is InChI=1S/C29H27F6N3O/c30-28(31,32)22-7-3-5-19(15-22)21-17-25(20-6-4-8-23(16-20)29(33,34)35)26(36-18-21)27(39)38-13-9-24(10-14-38)37-11-1-2-12-37/h3-8,15-18,24H,1-2,9-14H2. The Bertz CT molecular complexity index is 1340. The van der Waals surface area contributed by atoms with Crippen LogP contribution in [0.5, 0.6) is 0 Å². The van der Waals surface area contributed by atoms with E-state index >= 15 is 0 Å². The summed E-state index contributed by atoms with van der Waals surface area (Å²) in [5.74, 6) is -0.405. The molecule has 1 amide bonds. The first-order valence-electron chi connectivity index (χ1n) is 12.9. The summed E-state index contributed by atoms with van der Waals surface area (Å²) in [5.41, 5.74) is -1.07. The molecule has 0 atom stereocenters. The van der Waals surface area contributed by atoms with E-state index in [0.717, 1.165) is 50.2 Å². The molecule has 2 fully saturated rings. The number of hydrogen-bond donors (Lipinski definition) is 0. The van der Waals surface area contributed by atoms with E-state index in [2.05, 4.69) is 9.88 Å². The highest BCUT2D eigenvalue weighted by Gasteiger charge is 2.33. The number of pyridine rings is 1. The van der Waals surface area contributed by atoms with Crippen LogP contribution in [0.2, 0.25) is 0 Å². The molecule has 2 saturated heterocycles. The number of rotatable bonds is 4. The van der Waals surface area contributed by atoms with Gasteiger partial charge in [0.05, 0.1) is 11.1 Å². The molecule has 3 heterocycles. The van der Waals surface area contributed by atoms with Crippen molar-refractivity contribution in [3.63, 3.8) is 0 Å². The van der Waals surface area contributed by atoms with Gasteiger partial charge in [-0.25, -0.2) is 4.98 Å². The number of aromatic nitrogens is 1. The SMILES string of the molecule is O=C(c1ncc(-c2cccc(C(F)(F)F)c2)cc1-c1cccc(C(F)(F)F)c1)N1CCC(N2CCCC2)CC1. The fourth-order valence-electron chi connectivity index (χ4n) is 5.44. The molecule has 0 spiro atoms. The van der Waals surface area contributed by atoms with Gasteiger partial charge >= 0.3 is 12.4 Å². The number of likely N-dealkylation sites (tertiary alicyclic amines) is 2. The molecule has 0 N–H and O–H groups in total. The maximum absolute atomic E-state index is 13.6. The molecule has 206 valence electrons. The first-order chi connectivity index (χ1) is 18.5. The number of hydrogen-bond acceptors (Lipinski definition) is 3. The van der Waals surface area contributed by atoms with Crippen molar-refractivity contribution in [2.45, 2.75) is 44.1 Å². The molecule has 1 aromatic heterocycles. The van der Waals surface area contributed by atoms with Gasteiger partial charge in [-0.3, -0.25) is 4.79 Å². The lowest BCUT2D eigenvalue weighted by Gasteiger charge is -2.36. The monoisotopic (exact) mass is 547 g/mol. The van der Waals surface area contributed by atoms with Crippen LogP contribution in [0.3, 0.4) is 0 Å². The molecule has 3 aromatic rings. The summed E-state index contributed by atoms with van der Waals surface area (Å²) in [7, 11) is 0. The van der Waals surface area contributed by atoms with Crippen molar-refractivity contribution in [3.8, 4) is 22.3 Å². The molecule has 0 saturated carbocycles. The van der Waals surface area contributed by atoms with Gasteiger partial charge in [0, 0.05) is 36.5 Å². The Morgan fingerprint density at radius 1 is 0.744 bits per heavy atom. The van der Waals surface area contributed by atoms with Crippen molar-refractivity contribution < 1.29 is 31.1 Å². The first-order valence-corrected chi connectivity index (χ1v) is 12.9. The van der Waals surface area contributed by atoms with Crippen LogP contribution in [0, 0.1) is 0 Å². The molecule has 2 aliphatic heterocycles. The van der Waals surface area contributed by atoms with Gasteiger partial charge in [0.1, 0.15) is 5.69 Å². The maximum Gasteiger partial charge on any atom is 0.416 e. The summed E-state index contributed by atoms with van der Waals surface area (Å²) in [6.45, 7) is 3.10.